The summed E-state index contributed by atoms with van der Waals surface area (Å²) in [6, 6.07) is 0. The first kappa shape index (κ1) is 23.7. The quantitative estimate of drug-likeness (QED) is 0.256. The van der Waals surface area contributed by atoms with E-state index in [-0.39, 0.29) is 37.7 Å². The molecule has 0 spiro atoms. The van der Waals surface area contributed by atoms with Crippen molar-refractivity contribution in [3.63, 3.8) is 0 Å². The molecular formula is C18H36CaO2. The van der Waals surface area contributed by atoms with Gasteiger partial charge in [0.25, 0.3) is 0 Å². The van der Waals surface area contributed by atoms with E-state index in [2.05, 4.69) is 19.1 Å². The number of unbranched alkanes of at least 4 members (excludes halogenated alkanes) is 11. The molecule has 0 saturated carbocycles. The van der Waals surface area contributed by atoms with Crippen molar-refractivity contribution in [2.45, 2.75) is 96.8 Å². The molecule has 0 rings (SSSR count). The van der Waals surface area contributed by atoms with Gasteiger partial charge in [0.1, 0.15) is 0 Å². The van der Waals surface area contributed by atoms with E-state index >= 15 is 0 Å². The van der Waals surface area contributed by atoms with Crippen LogP contribution in [0.1, 0.15) is 96.8 Å². The number of rotatable bonds is 15. The fraction of sp³-hybridized carbons (Fsp3) is 0.833. The first-order valence-corrected chi connectivity index (χ1v) is 8.64. The summed E-state index contributed by atoms with van der Waals surface area (Å²) in [6.07, 6.45) is 21.2. The van der Waals surface area contributed by atoms with Crippen LogP contribution in [-0.2, 0) is 4.79 Å². The monoisotopic (exact) mass is 324 g/mol. The van der Waals surface area contributed by atoms with Crippen LogP contribution in [0.4, 0.5) is 0 Å². The van der Waals surface area contributed by atoms with Crippen molar-refractivity contribution in [2.75, 3.05) is 0 Å². The third-order valence-corrected chi connectivity index (χ3v) is 3.65. The van der Waals surface area contributed by atoms with E-state index in [1.54, 1.807) is 0 Å². The molecule has 0 bridgehead atoms. The fourth-order valence-electron chi connectivity index (χ4n) is 2.35. The molecule has 0 heterocycles. The SMILES string of the molecule is CCCCCCCCC=CCCCCCCCC(=O)O.[CaH2]. The molecule has 3 heteroatoms. The zero-order valence-corrected chi connectivity index (χ0v) is 13.4. The molecule has 1 N–H and O–H groups in total. The molecule has 0 aromatic rings. The number of carboxylic acids is 1. The molecule has 0 radical (unpaired) electrons. The number of hydrogen-bond donors (Lipinski definition) is 1. The molecule has 0 unspecified atom stereocenters. The summed E-state index contributed by atoms with van der Waals surface area (Å²) in [6.45, 7) is 2.26. The Morgan fingerprint density at radius 1 is 0.762 bits per heavy atom. The van der Waals surface area contributed by atoms with Gasteiger partial charge in [-0.05, 0) is 32.1 Å². The van der Waals surface area contributed by atoms with Crippen LogP contribution in [-0.4, -0.2) is 48.8 Å². The number of aliphatic carboxylic acids is 1. The molecule has 122 valence electrons. The second-order valence-electron chi connectivity index (χ2n) is 5.73. The fourth-order valence-corrected chi connectivity index (χ4v) is 2.35. The van der Waals surface area contributed by atoms with E-state index in [4.69, 9.17) is 5.11 Å². The third-order valence-electron chi connectivity index (χ3n) is 3.65. The average molecular weight is 325 g/mol. The van der Waals surface area contributed by atoms with Gasteiger partial charge in [-0.2, -0.15) is 0 Å². The first-order chi connectivity index (χ1) is 9.77. The van der Waals surface area contributed by atoms with Crippen LogP contribution in [0.2, 0.25) is 0 Å². The molecule has 0 fully saturated rings. The van der Waals surface area contributed by atoms with Crippen molar-refractivity contribution in [1.82, 2.24) is 0 Å². The Morgan fingerprint density at radius 3 is 1.67 bits per heavy atom. The summed E-state index contributed by atoms with van der Waals surface area (Å²) in [5.41, 5.74) is 0. The van der Waals surface area contributed by atoms with Gasteiger partial charge in [0.05, 0.1) is 0 Å². The van der Waals surface area contributed by atoms with E-state index in [0.29, 0.717) is 6.42 Å². The van der Waals surface area contributed by atoms with Crippen LogP contribution in [0.5, 0.6) is 0 Å². The van der Waals surface area contributed by atoms with Crippen molar-refractivity contribution in [3.8, 4) is 0 Å². The minimum absolute atomic E-state index is 0. The standard InChI is InChI=1S/C18H34O2.Ca.2H/c1-2-3-4-5-6-7-8-9-10-11-12-13-14-15-16-17-18(19)20;;;/h9-10H,2-8,11-17H2,1H3,(H,19,20);;;. The van der Waals surface area contributed by atoms with E-state index in [9.17, 15) is 4.79 Å². The summed E-state index contributed by atoms with van der Waals surface area (Å²) in [5, 5.41) is 8.51. The Kier molecular flexibility index (Phi) is 23.1. The van der Waals surface area contributed by atoms with Crippen LogP contribution in [0.25, 0.3) is 0 Å². The van der Waals surface area contributed by atoms with Gasteiger partial charge in [-0.1, -0.05) is 70.4 Å². The topological polar surface area (TPSA) is 37.3 Å². The maximum absolute atomic E-state index is 10.3. The molecule has 2 nitrogen and oxygen atoms in total. The third kappa shape index (κ3) is 22.9. The van der Waals surface area contributed by atoms with Gasteiger partial charge >= 0.3 is 43.7 Å². The molecule has 0 aromatic carbocycles. The van der Waals surface area contributed by atoms with Gasteiger partial charge < -0.3 is 5.11 Å². The van der Waals surface area contributed by atoms with Crippen LogP contribution in [0, 0.1) is 0 Å². The maximum atomic E-state index is 10.3. The van der Waals surface area contributed by atoms with Crippen molar-refractivity contribution >= 4 is 43.7 Å². The predicted molar refractivity (Wildman–Crippen MR) is 95.6 cm³/mol. The van der Waals surface area contributed by atoms with Crippen molar-refractivity contribution < 1.29 is 9.90 Å². The Hall–Kier alpha value is 0.470. The molecule has 0 aromatic heterocycles. The predicted octanol–water partition coefficient (Wildman–Crippen LogP) is 5.19. The van der Waals surface area contributed by atoms with E-state index in [0.717, 1.165) is 12.8 Å². The summed E-state index contributed by atoms with van der Waals surface area (Å²) in [7, 11) is 0. The first-order valence-electron chi connectivity index (χ1n) is 8.64. The van der Waals surface area contributed by atoms with Gasteiger partial charge in [0.2, 0.25) is 0 Å². The molecule has 0 aliphatic rings. The normalized spacial score (nSPS) is 10.7. The molecule has 0 atom stereocenters. The van der Waals surface area contributed by atoms with Crippen molar-refractivity contribution in [3.05, 3.63) is 12.2 Å². The Bertz CT molecular complexity index is 239. The van der Waals surface area contributed by atoms with Gasteiger partial charge in [-0.25, -0.2) is 0 Å². The number of carboxylic acid groups (broad SMARTS) is 1. The zero-order chi connectivity index (χ0) is 14.9. The molecular weight excluding hydrogens is 288 g/mol. The second kappa shape index (κ2) is 20.5. The molecule has 0 amide bonds. The number of allylic oxidation sites excluding steroid dienone is 2. The Morgan fingerprint density at radius 2 is 1.19 bits per heavy atom. The summed E-state index contributed by atoms with van der Waals surface area (Å²) >= 11 is 0. The van der Waals surface area contributed by atoms with Gasteiger partial charge in [-0.15, -0.1) is 0 Å². The molecule has 21 heavy (non-hydrogen) atoms. The molecule has 0 aliphatic carbocycles. The van der Waals surface area contributed by atoms with E-state index in [1.807, 2.05) is 0 Å². The second-order valence-corrected chi connectivity index (χ2v) is 5.73. The van der Waals surface area contributed by atoms with Crippen LogP contribution >= 0.6 is 0 Å². The van der Waals surface area contributed by atoms with Crippen LogP contribution in [0.3, 0.4) is 0 Å². The Balaban J connectivity index is 0. The van der Waals surface area contributed by atoms with Crippen molar-refractivity contribution in [1.29, 1.82) is 0 Å². The number of carbonyl (C=O) groups is 1. The van der Waals surface area contributed by atoms with Crippen LogP contribution in [0.15, 0.2) is 12.2 Å². The zero-order valence-electron chi connectivity index (χ0n) is 13.4. The average Bonchev–Trinajstić information content (AvgIpc) is 2.43. The molecule has 0 aliphatic heterocycles. The van der Waals surface area contributed by atoms with Crippen molar-refractivity contribution in [2.24, 2.45) is 0 Å². The van der Waals surface area contributed by atoms with E-state index in [1.165, 1.54) is 70.6 Å². The minimum atomic E-state index is -0.664. The number of hydrogen-bond acceptors (Lipinski definition) is 1. The van der Waals surface area contributed by atoms with E-state index < -0.39 is 5.97 Å². The summed E-state index contributed by atoms with van der Waals surface area (Å²) in [4.78, 5) is 10.3. The summed E-state index contributed by atoms with van der Waals surface area (Å²) in [5.74, 6) is -0.664. The summed E-state index contributed by atoms with van der Waals surface area (Å²) < 4.78 is 0. The van der Waals surface area contributed by atoms with Gasteiger partial charge in [-0.3, -0.25) is 4.79 Å². The van der Waals surface area contributed by atoms with Crippen LogP contribution < -0.4 is 0 Å². The van der Waals surface area contributed by atoms with Gasteiger partial charge in [0.15, 0.2) is 0 Å². The van der Waals surface area contributed by atoms with Gasteiger partial charge in [0, 0.05) is 6.42 Å². The molecule has 0 saturated heterocycles. The Labute approximate surface area is 161 Å².